The Morgan fingerprint density at radius 3 is 2.15 bits per heavy atom. The number of carbonyl (C=O) groups is 2. The molecule has 0 bridgehead atoms. The molecule has 1 aliphatic rings. The molecule has 0 radical (unpaired) electrons. The lowest BCUT2D eigenvalue weighted by atomic mass is 9.98. The zero-order valence-electron chi connectivity index (χ0n) is 19.6. The molecule has 1 N–H and O–H groups in total. The number of sulfonamides is 1. The van der Waals surface area contributed by atoms with Crippen molar-refractivity contribution in [3.8, 4) is 0 Å². The van der Waals surface area contributed by atoms with Crippen molar-refractivity contribution in [3.63, 3.8) is 0 Å². The fraction of sp³-hybridized carbons (Fsp3) is 0.440. The smallest absolute Gasteiger partial charge is 0.309 e. The van der Waals surface area contributed by atoms with Gasteiger partial charge in [-0.25, -0.2) is 8.42 Å². The number of aryl methyl sites for hydroxylation is 2. The molecule has 1 amide bonds. The standard InChI is InChI=1S/C25H32N2O5S/c1-17(2)20-8-10-22(11-9-20)33(30,31)27-14-12-21(13-15-27)25(29)32-16-23(28)26-24-18(3)6-5-7-19(24)4/h5-11,17,21H,12-16H2,1-4H3,(H,26,28). The maximum Gasteiger partial charge on any atom is 0.309 e. The summed E-state index contributed by atoms with van der Waals surface area (Å²) >= 11 is 0. The van der Waals surface area contributed by atoms with E-state index in [1.165, 1.54) is 4.31 Å². The van der Waals surface area contributed by atoms with Crippen LogP contribution in [-0.4, -0.2) is 44.3 Å². The van der Waals surface area contributed by atoms with E-state index in [0.29, 0.717) is 18.8 Å². The predicted molar refractivity (Wildman–Crippen MR) is 128 cm³/mol. The van der Waals surface area contributed by atoms with Crippen molar-refractivity contribution in [2.75, 3.05) is 25.0 Å². The molecular weight excluding hydrogens is 440 g/mol. The number of esters is 1. The molecule has 0 saturated carbocycles. The van der Waals surface area contributed by atoms with E-state index in [1.54, 1.807) is 12.1 Å². The summed E-state index contributed by atoms with van der Waals surface area (Å²) < 4.78 is 32.5. The van der Waals surface area contributed by atoms with Crippen LogP contribution < -0.4 is 5.32 Å². The molecule has 7 nitrogen and oxygen atoms in total. The molecule has 0 atom stereocenters. The van der Waals surface area contributed by atoms with Gasteiger partial charge in [-0.15, -0.1) is 0 Å². The second kappa shape index (κ2) is 10.5. The molecule has 2 aromatic rings. The molecule has 1 heterocycles. The minimum atomic E-state index is -3.61. The van der Waals surface area contributed by atoms with E-state index in [1.807, 2.05) is 44.2 Å². The quantitative estimate of drug-likeness (QED) is 0.615. The van der Waals surface area contributed by atoms with E-state index < -0.39 is 27.8 Å². The Balaban J connectivity index is 1.50. The van der Waals surface area contributed by atoms with Gasteiger partial charge >= 0.3 is 5.97 Å². The topological polar surface area (TPSA) is 92.8 Å². The van der Waals surface area contributed by atoms with Crippen LogP contribution in [0.2, 0.25) is 0 Å². The number of nitrogens with zero attached hydrogens (tertiary/aromatic N) is 1. The third kappa shape index (κ3) is 6.00. The molecule has 0 aromatic heterocycles. The van der Waals surface area contributed by atoms with Crippen LogP contribution >= 0.6 is 0 Å². The summed E-state index contributed by atoms with van der Waals surface area (Å²) in [6, 6.07) is 12.7. The van der Waals surface area contributed by atoms with Crippen molar-refractivity contribution >= 4 is 27.6 Å². The van der Waals surface area contributed by atoms with Gasteiger partial charge in [-0.05, 0) is 61.4 Å². The molecule has 0 unspecified atom stereocenters. The average molecular weight is 473 g/mol. The second-order valence-electron chi connectivity index (χ2n) is 8.82. The first kappa shape index (κ1) is 24.9. The number of ether oxygens (including phenoxy) is 1. The van der Waals surface area contributed by atoms with Crippen LogP contribution in [0, 0.1) is 19.8 Å². The maximum absolute atomic E-state index is 12.9. The lowest BCUT2D eigenvalue weighted by Crippen LogP contribution is -2.40. The Bertz CT molecular complexity index is 1080. The predicted octanol–water partition coefficient (Wildman–Crippen LogP) is 4.01. The highest BCUT2D eigenvalue weighted by atomic mass is 32.2. The molecule has 2 aromatic carbocycles. The van der Waals surface area contributed by atoms with Crippen LogP contribution in [0.3, 0.4) is 0 Å². The summed E-state index contributed by atoms with van der Waals surface area (Å²) in [5, 5.41) is 2.79. The van der Waals surface area contributed by atoms with Crippen molar-refractivity contribution in [2.24, 2.45) is 5.92 Å². The largest absolute Gasteiger partial charge is 0.455 e. The highest BCUT2D eigenvalue weighted by Gasteiger charge is 2.33. The Kier molecular flexibility index (Phi) is 7.92. The number of carbonyl (C=O) groups excluding carboxylic acids is 2. The van der Waals surface area contributed by atoms with Gasteiger partial charge in [-0.3, -0.25) is 9.59 Å². The molecule has 1 saturated heterocycles. The Hall–Kier alpha value is -2.71. The van der Waals surface area contributed by atoms with Gasteiger partial charge in [-0.2, -0.15) is 4.31 Å². The van der Waals surface area contributed by atoms with Crippen molar-refractivity contribution < 1.29 is 22.7 Å². The Morgan fingerprint density at radius 2 is 1.61 bits per heavy atom. The van der Waals surface area contributed by atoms with E-state index >= 15 is 0 Å². The number of para-hydroxylation sites is 1. The second-order valence-corrected chi connectivity index (χ2v) is 10.8. The molecule has 3 rings (SSSR count). The van der Waals surface area contributed by atoms with Crippen LogP contribution in [0.5, 0.6) is 0 Å². The molecule has 0 aliphatic carbocycles. The number of amides is 1. The normalized spacial score (nSPS) is 15.4. The zero-order valence-corrected chi connectivity index (χ0v) is 20.4. The first-order valence-corrected chi connectivity index (χ1v) is 12.7. The van der Waals surface area contributed by atoms with E-state index in [9.17, 15) is 18.0 Å². The molecule has 1 fully saturated rings. The summed E-state index contributed by atoms with van der Waals surface area (Å²) in [5.74, 6) is -0.963. The number of benzene rings is 2. The highest BCUT2D eigenvalue weighted by Crippen LogP contribution is 2.26. The van der Waals surface area contributed by atoms with Crippen LogP contribution in [0.25, 0.3) is 0 Å². The minimum absolute atomic E-state index is 0.239. The minimum Gasteiger partial charge on any atom is -0.455 e. The van der Waals surface area contributed by atoms with E-state index in [-0.39, 0.29) is 24.6 Å². The molecular formula is C25H32N2O5S. The number of nitrogens with one attached hydrogen (secondary N) is 1. The summed E-state index contributed by atoms with van der Waals surface area (Å²) in [6.07, 6.45) is 0.724. The van der Waals surface area contributed by atoms with Gasteiger partial charge in [0.05, 0.1) is 10.8 Å². The summed E-state index contributed by atoms with van der Waals surface area (Å²) in [5.41, 5.74) is 3.67. The monoisotopic (exact) mass is 472 g/mol. The van der Waals surface area contributed by atoms with Crippen LogP contribution in [0.1, 0.15) is 49.3 Å². The molecule has 178 valence electrons. The van der Waals surface area contributed by atoms with Crippen LogP contribution in [0.4, 0.5) is 5.69 Å². The van der Waals surface area contributed by atoms with Gasteiger partial charge in [0.15, 0.2) is 6.61 Å². The van der Waals surface area contributed by atoms with Crippen molar-refractivity contribution in [2.45, 2.75) is 51.3 Å². The molecule has 8 heteroatoms. The third-order valence-corrected chi connectivity index (χ3v) is 7.98. The average Bonchev–Trinajstić information content (AvgIpc) is 2.80. The fourth-order valence-corrected chi connectivity index (χ4v) is 5.42. The zero-order chi connectivity index (χ0) is 24.2. The van der Waals surface area contributed by atoms with E-state index in [4.69, 9.17) is 4.74 Å². The van der Waals surface area contributed by atoms with E-state index in [0.717, 1.165) is 22.4 Å². The molecule has 1 aliphatic heterocycles. The maximum atomic E-state index is 12.9. The first-order chi connectivity index (χ1) is 15.6. The first-order valence-electron chi connectivity index (χ1n) is 11.2. The van der Waals surface area contributed by atoms with Gasteiger partial charge in [0.25, 0.3) is 5.91 Å². The summed E-state index contributed by atoms with van der Waals surface area (Å²) in [6.45, 7) is 8.02. The number of piperidine rings is 1. The Morgan fingerprint density at radius 1 is 1.03 bits per heavy atom. The summed E-state index contributed by atoms with van der Waals surface area (Å²) in [4.78, 5) is 24.9. The molecule has 33 heavy (non-hydrogen) atoms. The number of hydrogen-bond acceptors (Lipinski definition) is 5. The molecule has 0 spiro atoms. The fourth-order valence-electron chi connectivity index (χ4n) is 3.95. The van der Waals surface area contributed by atoms with Gasteiger partial charge in [0.1, 0.15) is 0 Å². The van der Waals surface area contributed by atoms with Gasteiger partial charge in [0.2, 0.25) is 10.0 Å². The van der Waals surface area contributed by atoms with Crippen molar-refractivity contribution in [1.29, 1.82) is 0 Å². The van der Waals surface area contributed by atoms with Gasteiger partial charge in [0, 0.05) is 18.8 Å². The Labute approximate surface area is 196 Å². The number of hydrogen-bond donors (Lipinski definition) is 1. The number of rotatable bonds is 7. The van der Waals surface area contributed by atoms with Crippen molar-refractivity contribution in [3.05, 3.63) is 59.2 Å². The number of anilines is 1. The van der Waals surface area contributed by atoms with Crippen molar-refractivity contribution in [1.82, 2.24) is 4.31 Å². The van der Waals surface area contributed by atoms with Gasteiger partial charge in [-0.1, -0.05) is 44.2 Å². The SMILES string of the molecule is Cc1cccc(C)c1NC(=O)COC(=O)C1CCN(S(=O)(=O)c2ccc(C(C)C)cc2)CC1. The third-order valence-electron chi connectivity index (χ3n) is 6.06. The highest BCUT2D eigenvalue weighted by molar-refractivity contribution is 7.89. The lowest BCUT2D eigenvalue weighted by Gasteiger charge is -2.30. The van der Waals surface area contributed by atoms with Crippen LogP contribution in [0.15, 0.2) is 47.4 Å². The lowest BCUT2D eigenvalue weighted by molar-refractivity contribution is -0.152. The van der Waals surface area contributed by atoms with Gasteiger partial charge < -0.3 is 10.1 Å². The summed E-state index contributed by atoms with van der Waals surface area (Å²) in [7, 11) is -3.61. The van der Waals surface area contributed by atoms with Crippen LogP contribution in [-0.2, 0) is 24.3 Å². The van der Waals surface area contributed by atoms with E-state index in [2.05, 4.69) is 19.2 Å².